The summed E-state index contributed by atoms with van der Waals surface area (Å²) in [5.41, 5.74) is 2.21. The molecule has 0 spiro atoms. The third-order valence-electron chi connectivity index (χ3n) is 5.77. The third-order valence-corrected chi connectivity index (χ3v) is 6.30. The highest BCUT2D eigenvalue weighted by molar-refractivity contribution is 9.10. The number of hydrogen-bond donors (Lipinski definition) is 1. The zero-order valence-corrected chi connectivity index (χ0v) is 18.5. The van der Waals surface area contributed by atoms with Crippen molar-refractivity contribution in [3.05, 3.63) is 82.5 Å². The van der Waals surface area contributed by atoms with Crippen LogP contribution in [0.3, 0.4) is 0 Å². The first-order valence-corrected chi connectivity index (χ1v) is 11.1. The van der Waals surface area contributed by atoms with E-state index in [0.717, 1.165) is 28.7 Å². The van der Waals surface area contributed by atoms with Gasteiger partial charge in [0.05, 0.1) is 0 Å². The summed E-state index contributed by atoms with van der Waals surface area (Å²) in [6.07, 6.45) is 5.71. The van der Waals surface area contributed by atoms with Crippen LogP contribution in [0.15, 0.2) is 69.8 Å². The van der Waals surface area contributed by atoms with E-state index < -0.39 is 0 Å². The van der Waals surface area contributed by atoms with Crippen LogP contribution in [0.5, 0.6) is 5.75 Å². The molecule has 7 heteroatoms. The van der Waals surface area contributed by atoms with E-state index in [1.807, 2.05) is 35.2 Å². The molecule has 0 saturated carbocycles. The molecule has 1 aliphatic heterocycles. The van der Waals surface area contributed by atoms with Crippen molar-refractivity contribution in [2.45, 2.75) is 25.4 Å². The maximum atomic E-state index is 12.9. The second kappa shape index (κ2) is 8.59. The predicted octanol–water partition coefficient (Wildman–Crippen LogP) is 5.52. The number of amides is 1. The van der Waals surface area contributed by atoms with E-state index in [2.05, 4.69) is 38.2 Å². The number of nitrogens with one attached hydrogen (secondary N) is 1. The SMILES string of the molecule is O=C(c1ccc(COc2ccc(Br)cc2)o1)N1CCC(c2c[nH]c3ncccc23)CC1. The van der Waals surface area contributed by atoms with Crippen LogP contribution >= 0.6 is 15.9 Å². The molecule has 1 aromatic carbocycles. The zero-order chi connectivity index (χ0) is 21.2. The fourth-order valence-corrected chi connectivity index (χ4v) is 4.38. The van der Waals surface area contributed by atoms with Crippen LogP contribution in [0.25, 0.3) is 11.0 Å². The summed E-state index contributed by atoms with van der Waals surface area (Å²) in [6.45, 7) is 1.70. The highest BCUT2D eigenvalue weighted by Crippen LogP contribution is 2.33. The van der Waals surface area contributed by atoms with Gasteiger partial charge in [0.15, 0.2) is 5.76 Å². The first kappa shape index (κ1) is 19.9. The van der Waals surface area contributed by atoms with Gasteiger partial charge in [-0.2, -0.15) is 0 Å². The number of likely N-dealkylation sites (tertiary alicyclic amines) is 1. The van der Waals surface area contributed by atoms with E-state index in [1.165, 1.54) is 10.9 Å². The molecule has 3 aromatic heterocycles. The van der Waals surface area contributed by atoms with E-state index in [-0.39, 0.29) is 12.5 Å². The Morgan fingerprint density at radius 1 is 1.16 bits per heavy atom. The molecule has 0 radical (unpaired) electrons. The van der Waals surface area contributed by atoms with Gasteiger partial charge in [0.25, 0.3) is 5.91 Å². The van der Waals surface area contributed by atoms with Crippen LogP contribution in [0.4, 0.5) is 0 Å². The van der Waals surface area contributed by atoms with Crippen molar-refractivity contribution >= 4 is 32.9 Å². The number of piperidine rings is 1. The maximum absolute atomic E-state index is 12.9. The minimum Gasteiger partial charge on any atom is -0.486 e. The summed E-state index contributed by atoms with van der Waals surface area (Å²) in [4.78, 5) is 22.4. The minimum atomic E-state index is -0.0612. The molecule has 31 heavy (non-hydrogen) atoms. The minimum absolute atomic E-state index is 0.0612. The Balaban J connectivity index is 1.18. The van der Waals surface area contributed by atoms with Gasteiger partial charge in [-0.05, 0) is 72.9 Å². The van der Waals surface area contributed by atoms with Gasteiger partial charge in [0, 0.05) is 35.3 Å². The fraction of sp³-hybridized carbons (Fsp3) is 0.250. The predicted molar refractivity (Wildman–Crippen MR) is 121 cm³/mol. The Morgan fingerprint density at radius 2 is 1.97 bits per heavy atom. The summed E-state index contributed by atoms with van der Waals surface area (Å²) in [5.74, 6) is 2.11. The molecule has 1 aliphatic rings. The standard InChI is InChI=1S/C24H22BrN3O3/c25-17-3-5-18(6-4-17)30-15-19-7-8-22(31-19)24(29)28-12-9-16(10-13-28)21-14-27-23-20(21)2-1-11-26-23/h1-8,11,14,16H,9-10,12-13,15H2,(H,26,27). The molecule has 4 aromatic rings. The third kappa shape index (κ3) is 4.23. The fourth-order valence-electron chi connectivity index (χ4n) is 4.12. The smallest absolute Gasteiger partial charge is 0.289 e. The van der Waals surface area contributed by atoms with Gasteiger partial charge in [-0.1, -0.05) is 15.9 Å². The van der Waals surface area contributed by atoms with Crippen molar-refractivity contribution in [2.24, 2.45) is 0 Å². The second-order valence-corrected chi connectivity index (χ2v) is 8.63. The number of aromatic nitrogens is 2. The molecule has 0 bridgehead atoms. The van der Waals surface area contributed by atoms with Gasteiger partial charge in [-0.25, -0.2) is 4.98 Å². The van der Waals surface area contributed by atoms with Gasteiger partial charge >= 0.3 is 0 Å². The number of aromatic amines is 1. The monoisotopic (exact) mass is 479 g/mol. The van der Waals surface area contributed by atoms with Crippen LogP contribution < -0.4 is 4.74 Å². The van der Waals surface area contributed by atoms with E-state index in [9.17, 15) is 4.79 Å². The number of hydrogen-bond acceptors (Lipinski definition) is 4. The molecule has 0 unspecified atom stereocenters. The highest BCUT2D eigenvalue weighted by atomic mass is 79.9. The highest BCUT2D eigenvalue weighted by Gasteiger charge is 2.27. The molecule has 158 valence electrons. The molecule has 0 atom stereocenters. The largest absolute Gasteiger partial charge is 0.486 e. The number of benzene rings is 1. The van der Waals surface area contributed by atoms with Crippen molar-refractivity contribution in [1.29, 1.82) is 0 Å². The van der Waals surface area contributed by atoms with Crippen LogP contribution in [-0.4, -0.2) is 33.9 Å². The van der Waals surface area contributed by atoms with Crippen molar-refractivity contribution in [3.63, 3.8) is 0 Å². The molecular weight excluding hydrogens is 458 g/mol. The average Bonchev–Trinajstić information content (AvgIpc) is 3.46. The lowest BCUT2D eigenvalue weighted by atomic mass is 9.89. The number of nitrogens with zero attached hydrogens (tertiary/aromatic N) is 2. The Bertz CT molecular complexity index is 1190. The number of pyridine rings is 1. The van der Waals surface area contributed by atoms with E-state index in [0.29, 0.717) is 30.5 Å². The second-order valence-electron chi connectivity index (χ2n) is 7.72. The average molecular weight is 480 g/mol. The van der Waals surface area contributed by atoms with Crippen molar-refractivity contribution in [2.75, 3.05) is 13.1 Å². The molecular formula is C24H22BrN3O3. The number of ether oxygens (including phenoxy) is 1. The number of halogens is 1. The molecule has 0 aliphatic carbocycles. The number of carbonyl (C=O) groups excluding carboxylic acids is 1. The van der Waals surface area contributed by atoms with Gasteiger partial charge in [0.1, 0.15) is 23.8 Å². The topological polar surface area (TPSA) is 71.4 Å². The Labute approximate surface area is 188 Å². The Morgan fingerprint density at radius 3 is 2.77 bits per heavy atom. The summed E-state index contributed by atoms with van der Waals surface area (Å²) >= 11 is 3.40. The number of rotatable bonds is 5. The maximum Gasteiger partial charge on any atom is 0.289 e. The Hall–Kier alpha value is -3.06. The number of fused-ring (bicyclic) bond motifs is 1. The molecule has 6 nitrogen and oxygen atoms in total. The van der Waals surface area contributed by atoms with Crippen LogP contribution in [-0.2, 0) is 6.61 Å². The lowest BCUT2D eigenvalue weighted by Crippen LogP contribution is -2.37. The molecule has 1 N–H and O–H groups in total. The summed E-state index contributed by atoms with van der Waals surface area (Å²) < 4.78 is 12.5. The molecule has 4 heterocycles. The molecule has 1 amide bonds. The Kier molecular flexibility index (Phi) is 5.51. The number of H-pyrrole nitrogens is 1. The normalized spacial score (nSPS) is 14.8. The quantitative estimate of drug-likeness (QED) is 0.409. The van der Waals surface area contributed by atoms with Crippen LogP contribution in [0.2, 0.25) is 0 Å². The summed E-state index contributed by atoms with van der Waals surface area (Å²) in [7, 11) is 0. The number of carbonyl (C=O) groups is 1. The lowest BCUT2D eigenvalue weighted by Gasteiger charge is -2.31. The molecule has 1 fully saturated rings. The first-order valence-electron chi connectivity index (χ1n) is 10.4. The van der Waals surface area contributed by atoms with Crippen molar-refractivity contribution in [3.8, 4) is 5.75 Å². The van der Waals surface area contributed by atoms with Crippen LogP contribution in [0.1, 0.15) is 40.6 Å². The van der Waals surface area contributed by atoms with Crippen LogP contribution in [0, 0.1) is 0 Å². The van der Waals surface area contributed by atoms with Crippen molar-refractivity contribution in [1.82, 2.24) is 14.9 Å². The van der Waals surface area contributed by atoms with Gasteiger partial charge < -0.3 is 19.0 Å². The van der Waals surface area contributed by atoms with Gasteiger partial charge in [0.2, 0.25) is 0 Å². The number of furan rings is 1. The summed E-state index contributed by atoms with van der Waals surface area (Å²) in [5, 5.41) is 1.17. The first-order chi connectivity index (χ1) is 15.2. The van der Waals surface area contributed by atoms with Crippen molar-refractivity contribution < 1.29 is 13.9 Å². The van der Waals surface area contributed by atoms with E-state index >= 15 is 0 Å². The lowest BCUT2D eigenvalue weighted by molar-refractivity contribution is 0.0677. The molecule has 1 saturated heterocycles. The van der Waals surface area contributed by atoms with Gasteiger partial charge in [-0.3, -0.25) is 4.79 Å². The van der Waals surface area contributed by atoms with E-state index in [4.69, 9.17) is 9.15 Å². The summed E-state index contributed by atoms with van der Waals surface area (Å²) in [6, 6.07) is 15.2. The van der Waals surface area contributed by atoms with E-state index in [1.54, 1.807) is 18.3 Å². The zero-order valence-electron chi connectivity index (χ0n) is 16.9. The molecule has 5 rings (SSSR count). The van der Waals surface area contributed by atoms with Gasteiger partial charge in [-0.15, -0.1) is 0 Å².